The summed E-state index contributed by atoms with van der Waals surface area (Å²) in [4.78, 5) is 2.75. The zero-order valence-corrected chi connectivity index (χ0v) is 13.6. The maximum Gasteiger partial charge on any atom is 0.0198 e. The van der Waals surface area contributed by atoms with Crippen LogP contribution >= 0.6 is 0 Å². The summed E-state index contributed by atoms with van der Waals surface area (Å²) in [6, 6.07) is 0.770. The van der Waals surface area contributed by atoms with Crippen molar-refractivity contribution in [1.82, 2.24) is 10.2 Å². The fraction of sp³-hybridized carbons (Fsp3) is 1.00. The van der Waals surface area contributed by atoms with Crippen LogP contribution in [0.4, 0.5) is 0 Å². The van der Waals surface area contributed by atoms with Gasteiger partial charge >= 0.3 is 0 Å². The Balaban J connectivity index is 1.47. The SMILES string of the molecule is CC(C)CN1CC(CC2CC2)CC(NCC2CCC2)C1. The highest BCUT2D eigenvalue weighted by molar-refractivity contribution is 4.88. The van der Waals surface area contributed by atoms with Crippen LogP contribution in [0.3, 0.4) is 0 Å². The van der Waals surface area contributed by atoms with Crippen LogP contribution in [0, 0.1) is 23.7 Å². The third-order valence-electron chi connectivity index (χ3n) is 5.52. The van der Waals surface area contributed by atoms with Crippen molar-refractivity contribution < 1.29 is 0 Å². The standard InChI is InChI=1S/C18H34N2/c1-14(2)11-20-12-17(8-15-6-7-15)9-18(13-20)19-10-16-4-3-5-16/h14-19H,3-13H2,1-2H3. The van der Waals surface area contributed by atoms with Crippen LogP contribution in [0.5, 0.6) is 0 Å². The van der Waals surface area contributed by atoms with Crippen LogP contribution in [-0.4, -0.2) is 37.1 Å². The maximum absolute atomic E-state index is 3.91. The van der Waals surface area contributed by atoms with E-state index in [4.69, 9.17) is 0 Å². The summed E-state index contributed by atoms with van der Waals surface area (Å²) in [5.41, 5.74) is 0. The Morgan fingerprint density at radius 3 is 2.40 bits per heavy atom. The lowest BCUT2D eigenvalue weighted by Gasteiger charge is -2.40. The maximum atomic E-state index is 3.91. The summed E-state index contributed by atoms with van der Waals surface area (Å²) >= 11 is 0. The van der Waals surface area contributed by atoms with Crippen LogP contribution in [0.1, 0.15) is 58.8 Å². The van der Waals surface area contributed by atoms with Crippen molar-refractivity contribution in [3.8, 4) is 0 Å². The Hall–Kier alpha value is -0.0800. The highest BCUT2D eigenvalue weighted by atomic mass is 15.2. The van der Waals surface area contributed by atoms with E-state index in [1.807, 2.05) is 0 Å². The van der Waals surface area contributed by atoms with Gasteiger partial charge in [0.25, 0.3) is 0 Å². The van der Waals surface area contributed by atoms with Crippen molar-refractivity contribution in [2.24, 2.45) is 23.7 Å². The molecule has 0 radical (unpaired) electrons. The smallest absolute Gasteiger partial charge is 0.0198 e. The molecule has 0 aromatic carbocycles. The van der Waals surface area contributed by atoms with Crippen molar-refractivity contribution in [1.29, 1.82) is 0 Å². The van der Waals surface area contributed by atoms with E-state index >= 15 is 0 Å². The van der Waals surface area contributed by atoms with E-state index in [1.54, 1.807) is 0 Å². The van der Waals surface area contributed by atoms with E-state index in [9.17, 15) is 0 Å². The third kappa shape index (κ3) is 4.46. The van der Waals surface area contributed by atoms with Gasteiger partial charge in [0.2, 0.25) is 0 Å². The molecule has 1 heterocycles. The molecule has 3 fully saturated rings. The molecule has 2 atom stereocenters. The number of nitrogens with one attached hydrogen (secondary N) is 1. The average Bonchev–Trinajstić information content (AvgIpc) is 3.09. The van der Waals surface area contributed by atoms with Gasteiger partial charge in [-0.05, 0) is 55.9 Å². The van der Waals surface area contributed by atoms with Crippen LogP contribution in [0.2, 0.25) is 0 Å². The van der Waals surface area contributed by atoms with Crippen molar-refractivity contribution in [2.45, 2.75) is 64.8 Å². The lowest BCUT2D eigenvalue weighted by molar-refractivity contribution is 0.116. The summed E-state index contributed by atoms with van der Waals surface area (Å²) in [5.74, 6) is 3.86. The number of piperidine rings is 1. The zero-order valence-electron chi connectivity index (χ0n) is 13.6. The molecule has 3 rings (SSSR count). The van der Waals surface area contributed by atoms with Crippen LogP contribution in [0.25, 0.3) is 0 Å². The summed E-state index contributed by atoms with van der Waals surface area (Å²) in [7, 11) is 0. The van der Waals surface area contributed by atoms with Crippen molar-refractivity contribution in [2.75, 3.05) is 26.2 Å². The van der Waals surface area contributed by atoms with Crippen LogP contribution < -0.4 is 5.32 Å². The molecule has 116 valence electrons. The Kier molecular flexibility index (Phi) is 5.04. The van der Waals surface area contributed by atoms with E-state index in [-0.39, 0.29) is 0 Å². The topological polar surface area (TPSA) is 15.3 Å². The molecular formula is C18H34N2. The molecule has 3 aliphatic rings. The van der Waals surface area contributed by atoms with Gasteiger partial charge in [-0.3, -0.25) is 0 Å². The van der Waals surface area contributed by atoms with Gasteiger partial charge in [0, 0.05) is 25.7 Å². The first-order valence-electron chi connectivity index (χ1n) is 9.14. The summed E-state index contributed by atoms with van der Waals surface area (Å²) < 4.78 is 0. The van der Waals surface area contributed by atoms with E-state index in [0.717, 1.165) is 29.7 Å². The molecule has 0 spiro atoms. The molecule has 0 bridgehead atoms. The predicted molar refractivity (Wildman–Crippen MR) is 85.9 cm³/mol. The van der Waals surface area contributed by atoms with Crippen LogP contribution in [-0.2, 0) is 0 Å². The normalized spacial score (nSPS) is 32.5. The minimum atomic E-state index is 0.770. The third-order valence-corrected chi connectivity index (χ3v) is 5.52. The van der Waals surface area contributed by atoms with Gasteiger partial charge in [-0.15, -0.1) is 0 Å². The molecule has 1 N–H and O–H groups in total. The lowest BCUT2D eigenvalue weighted by Crippen LogP contribution is -2.51. The second kappa shape index (κ2) is 6.79. The minimum Gasteiger partial charge on any atom is -0.312 e. The Bertz CT molecular complexity index is 282. The van der Waals surface area contributed by atoms with Gasteiger partial charge < -0.3 is 10.2 Å². The van der Waals surface area contributed by atoms with Gasteiger partial charge in [-0.2, -0.15) is 0 Å². The highest BCUT2D eigenvalue weighted by Gasteiger charge is 2.32. The van der Waals surface area contributed by atoms with Crippen molar-refractivity contribution in [3.05, 3.63) is 0 Å². The molecule has 0 aromatic heterocycles. The largest absolute Gasteiger partial charge is 0.312 e. The summed E-state index contributed by atoms with van der Waals surface area (Å²) in [5, 5.41) is 3.91. The number of nitrogens with zero attached hydrogens (tertiary/aromatic N) is 1. The fourth-order valence-corrected chi connectivity index (χ4v) is 4.14. The number of rotatable bonds is 7. The molecule has 2 aliphatic carbocycles. The molecule has 0 amide bonds. The lowest BCUT2D eigenvalue weighted by atomic mass is 9.84. The van der Waals surface area contributed by atoms with E-state index in [0.29, 0.717) is 0 Å². The summed E-state index contributed by atoms with van der Waals surface area (Å²) in [6.45, 7) is 9.98. The fourth-order valence-electron chi connectivity index (χ4n) is 4.14. The number of hydrogen-bond acceptors (Lipinski definition) is 2. The quantitative estimate of drug-likeness (QED) is 0.766. The average molecular weight is 278 g/mol. The molecule has 1 saturated heterocycles. The van der Waals surface area contributed by atoms with E-state index in [1.165, 1.54) is 71.1 Å². The molecular weight excluding hydrogens is 244 g/mol. The van der Waals surface area contributed by atoms with Gasteiger partial charge in [0.15, 0.2) is 0 Å². The van der Waals surface area contributed by atoms with Gasteiger partial charge in [-0.25, -0.2) is 0 Å². The van der Waals surface area contributed by atoms with Crippen molar-refractivity contribution in [3.63, 3.8) is 0 Å². The van der Waals surface area contributed by atoms with Gasteiger partial charge in [-0.1, -0.05) is 33.1 Å². The second-order valence-corrected chi connectivity index (χ2v) is 8.30. The summed E-state index contributed by atoms with van der Waals surface area (Å²) in [6.07, 6.45) is 10.4. The molecule has 2 unspecified atom stereocenters. The molecule has 1 aliphatic heterocycles. The molecule has 20 heavy (non-hydrogen) atoms. The molecule has 0 aromatic rings. The minimum absolute atomic E-state index is 0.770. The first-order chi connectivity index (χ1) is 9.69. The molecule has 2 nitrogen and oxygen atoms in total. The second-order valence-electron chi connectivity index (χ2n) is 8.30. The first kappa shape index (κ1) is 14.8. The number of hydrogen-bond donors (Lipinski definition) is 1. The highest BCUT2D eigenvalue weighted by Crippen LogP contribution is 2.38. The Morgan fingerprint density at radius 2 is 1.80 bits per heavy atom. The van der Waals surface area contributed by atoms with Gasteiger partial charge in [0.1, 0.15) is 0 Å². The van der Waals surface area contributed by atoms with Crippen molar-refractivity contribution >= 4 is 0 Å². The van der Waals surface area contributed by atoms with E-state index < -0.39 is 0 Å². The van der Waals surface area contributed by atoms with Gasteiger partial charge in [0.05, 0.1) is 0 Å². The van der Waals surface area contributed by atoms with Crippen LogP contribution in [0.15, 0.2) is 0 Å². The monoisotopic (exact) mass is 278 g/mol. The number of likely N-dealkylation sites (tertiary alicyclic amines) is 1. The first-order valence-corrected chi connectivity index (χ1v) is 9.14. The molecule has 2 heteroatoms. The Labute approximate surface area is 125 Å². The molecule has 2 saturated carbocycles. The predicted octanol–water partition coefficient (Wildman–Crippen LogP) is 3.52. The Morgan fingerprint density at radius 1 is 1.00 bits per heavy atom. The zero-order chi connectivity index (χ0) is 13.9. The van der Waals surface area contributed by atoms with E-state index in [2.05, 4.69) is 24.1 Å².